The Labute approximate surface area is 126 Å². The van der Waals surface area contributed by atoms with E-state index >= 15 is 0 Å². The molecule has 0 bridgehead atoms. The summed E-state index contributed by atoms with van der Waals surface area (Å²) >= 11 is 0. The van der Waals surface area contributed by atoms with Crippen LogP contribution in [0.25, 0.3) is 0 Å². The summed E-state index contributed by atoms with van der Waals surface area (Å²) < 4.78 is 5.63. The third-order valence-electron chi connectivity index (χ3n) is 3.19. The van der Waals surface area contributed by atoms with E-state index < -0.39 is 0 Å². The fourth-order valence-electron chi connectivity index (χ4n) is 2.13. The van der Waals surface area contributed by atoms with E-state index in [-0.39, 0.29) is 6.04 Å². The molecule has 1 heterocycles. The van der Waals surface area contributed by atoms with Crippen molar-refractivity contribution < 1.29 is 4.74 Å². The van der Waals surface area contributed by atoms with E-state index in [4.69, 9.17) is 4.74 Å². The molecule has 0 aliphatic rings. The van der Waals surface area contributed by atoms with Gasteiger partial charge in [-0.3, -0.25) is 0 Å². The van der Waals surface area contributed by atoms with Gasteiger partial charge in [0.25, 0.3) is 0 Å². The minimum Gasteiger partial charge on any atom is -0.494 e. The maximum atomic E-state index is 5.63. The Kier molecular flexibility index (Phi) is 6.16. The van der Waals surface area contributed by atoms with E-state index in [2.05, 4.69) is 41.3 Å². The first-order valence-electron chi connectivity index (χ1n) is 7.57. The highest BCUT2D eigenvalue weighted by Crippen LogP contribution is 2.22. The van der Waals surface area contributed by atoms with Gasteiger partial charge in [-0.15, -0.1) is 0 Å². The summed E-state index contributed by atoms with van der Waals surface area (Å²) in [6, 6.07) is 10.3. The maximum absolute atomic E-state index is 5.63. The van der Waals surface area contributed by atoms with Gasteiger partial charge in [-0.05, 0) is 43.1 Å². The second-order valence-electron chi connectivity index (χ2n) is 4.94. The van der Waals surface area contributed by atoms with Crippen molar-refractivity contribution in [1.82, 2.24) is 15.3 Å². The van der Waals surface area contributed by atoms with Crippen molar-refractivity contribution in [3.63, 3.8) is 0 Å². The lowest BCUT2D eigenvalue weighted by molar-refractivity contribution is 0.317. The standard InChI is InChI=1S/C17H23N3O/c1-3-10-19-17(16-9-11-18-13-20-16)14-5-7-15(8-6-14)21-12-4-2/h5-9,11,13,17,19H,3-4,10,12H2,1-2H3. The van der Waals surface area contributed by atoms with Crippen LogP contribution in [0.5, 0.6) is 5.75 Å². The Hall–Kier alpha value is -1.94. The van der Waals surface area contributed by atoms with Gasteiger partial charge in [0.1, 0.15) is 12.1 Å². The van der Waals surface area contributed by atoms with Gasteiger partial charge in [0.2, 0.25) is 0 Å². The maximum Gasteiger partial charge on any atom is 0.119 e. The van der Waals surface area contributed by atoms with E-state index in [1.54, 1.807) is 12.5 Å². The van der Waals surface area contributed by atoms with Crippen LogP contribution < -0.4 is 10.1 Å². The Morgan fingerprint density at radius 2 is 1.90 bits per heavy atom. The van der Waals surface area contributed by atoms with Gasteiger partial charge in [-0.1, -0.05) is 26.0 Å². The number of hydrogen-bond donors (Lipinski definition) is 1. The molecule has 0 aliphatic heterocycles. The first-order chi connectivity index (χ1) is 10.3. The van der Waals surface area contributed by atoms with Gasteiger partial charge >= 0.3 is 0 Å². The van der Waals surface area contributed by atoms with Crippen LogP contribution in [0.1, 0.15) is 44.0 Å². The minimum absolute atomic E-state index is 0.0909. The number of rotatable bonds is 8. The molecule has 0 aliphatic carbocycles. The molecule has 21 heavy (non-hydrogen) atoms. The van der Waals surface area contributed by atoms with Crippen molar-refractivity contribution in [1.29, 1.82) is 0 Å². The Morgan fingerprint density at radius 1 is 1.10 bits per heavy atom. The van der Waals surface area contributed by atoms with Crippen LogP contribution in [-0.2, 0) is 0 Å². The molecule has 0 radical (unpaired) electrons. The quantitative estimate of drug-likeness (QED) is 0.808. The minimum atomic E-state index is 0.0909. The zero-order chi connectivity index (χ0) is 14.9. The zero-order valence-corrected chi connectivity index (χ0v) is 12.7. The molecule has 1 aromatic carbocycles. The molecule has 0 amide bonds. The molecular formula is C17H23N3O. The average molecular weight is 285 g/mol. The van der Waals surface area contributed by atoms with E-state index in [9.17, 15) is 0 Å². The molecule has 2 rings (SSSR count). The van der Waals surface area contributed by atoms with Crippen molar-refractivity contribution >= 4 is 0 Å². The number of nitrogens with zero attached hydrogens (tertiary/aromatic N) is 2. The van der Waals surface area contributed by atoms with Gasteiger partial charge in [0.15, 0.2) is 0 Å². The topological polar surface area (TPSA) is 47.0 Å². The molecule has 0 fully saturated rings. The summed E-state index contributed by atoms with van der Waals surface area (Å²) in [5.74, 6) is 0.914. The molecule has 0 spiro atoms. The highest BCUT2D eigenvalue weighted by atomic mass is 16.5. The Balaban J connectivity index is 2.16. The van der Waals surface area contributed by atoms with Gasteiger partial charge in [-0.2, -0.15) is 0 Å². The second kappa shape index (κ2) is 8.37. The fourth-order valence-corrected chi connectivity index (χ4v) is 2.13. The van der Waals surface area contributed by atoms with Crippen LogP contribution in [0.3, 0.4) is 0 Å². The molecule has 1 unspecified atom stereocenters. The number of aromatic nitrogens is 2. The van der Waals surface area contributed by atoms with E-state index in [1.807, 2.05) is 18.2 Å². The van der Waals surface area contributed by atoms with Crippen LogP contribution in [0.4, 0.5) is 0 Å². The van der Waals surface area contributed by atoms with Crippen molar-refractivity contribution in [2.24, 2.45) is 0 Å². The predicted molar refractivity (Wildman–Crippen MR) is 84.4 cm³/mol. The molecule has 2 aromatic rings. The third-order valence-corrected chi connectivity index (χ3v) is 3.19. The highest BCUT2D eigenvalue weighted by Gasteiger charge is 2.14. The lowest BCUT2D eigenvalue weighted by Gasteiger charge is -2.18. The van der Waals surface area contributed by atoms with Crippen LogP contribution in [-0.4, -0.2) is 23.1 Å². The SMILES string of the molecule is CCCNC(c1ccc(OCCC)cc1)c1ccncn1. The van der Waals surface area contributed by atoms with Crippen molar-refractivity contribution in [3.8, 4) is 5.75 Å². The smallest absolute Gasteiger partial charge is 0.119 e. The molecule has 1 N–H and O–H groups in total. The summed E-state index contributed by atoms with van der Waals surface area (Å²) in [6.45, 7) is 5.96. The van der Waals surface area contributed by atoms with Crippen LogP contribution in [0.15, 0.2) is 42.9 Å². The van der Waals surface area contributed by atoms with Gasteiger partial charge < -0.3 is 10.1 Å². The molecule has 1 aromatic heterocycles. The second-order valence-corrected chi connectivity index (χ2v) is 4.94. The molecule has 0 saturated heterocycles. The number of benzene rings is 1. The first kappa shape index (κ1) is 15.4. The van der Waals surface area contributed by atoms with Crippen molar-refractivity contribution in [2.75, 3.05) is 13.2 Å². The highest BCUT2D eigenvalue weighted by molar-refractivity contribution is 5.33. The fraction of sp³-hybridized carbons (Fsp3) is 0.412. The monoisotopic (exact) mass is 285 g/mol. The molecular weight excluding hydrogens is 262 g/mol. The van der Waals surface area contributed by atoms with Crippen LogP contribution >= 0.6 is 0 Å². The molecule has 4 nitrogen and oxygen atoms in total. The molecule has 112 valence electrons. The summed E-state index contributed by atoms with van der Waals surface area (Å²) in [5, 5.41) is 3.53. The van der Waals surface area contributed by atoms with Crippen LogP contribution in [0.2, 0.25) is 0 Å². The van der Waals surface area contributed by atoms with Gasteiger partial charge in [0, 0.05) is 6.20 Å². The number of ether oxygens (including phenoxy) is 1. The van der Waals surface area contributed by atoms with Gasteiger partial charge in [-0.25, -0.2) is 9.97 Å². The lowest BCUT2D eigenvalue weighted by Crippen LogP contribution is -2.24. The zero-order valence-electron chi connectivity index (χ0n) is 12.7. The summed E-state index contributed by atoms with van der Waals surface area (Å²) in [5.41, 5.74) is 2.17. The van der Waals surface area contributed by atoms with E-state index in [1.165, 1.54) is 5.56 Å². The molecule has 0 saturated carbocycles. The first-order valence-corrected chi connectivity index (χ1v) is 7.57. The molecule has 1 atom stereocenters. The average Bonchev–Trinajstić information content (AvgIpc) is 2.55. The van der Waals surface area contributed by atoms with Gasteiger partial charge in [0.05, 0.1) is 18.3 Å². The normalized spacial score (nSPS) is 12.1. The van der Waals surface area contributed by atoms with E-state index in [0.29, 0.717) is 0 Å². The summed E-state index contributed by atoms with van der Waals surface area (Å²) in [4.78, 5) is 8.37. The number of nitrogens with one attached hydrogen (secondary N) is 1. The van der Waals surface area contributed by atoms with E-state index in [0.717, 1.165) is 37.4 Å². The Bertz CT molecular complexity index is 513. The number of hydrogen-bond acceptors (Lipinski definition) is 4. The van der Waals surface area contributed by atoms with Crippen molar-refractivity contribution in [3.05, 3.63) is 54.1 Å². The third kappa shape index (κ3) is 4.53. The summed E-state index contributed by atoms with van der Waals surface area (Å²) in [6.07, 6.45) is 5.47. The van der Waals surface area contributed by atoms with Crippen LogP contribution in [0, 0.1) is 0 Å². The summed E-state index contributed by atoms with van der Waals surface area (Å²) in [7, 11) is 0. The largest absolute Gasteiger partial charge is 0.494 e. The van der Waals surface area contributed by atoms with Crippen molar-refractivity contribution in [2.45, 2.75) is 32.7 Å². The predicted octanol–water partition coefficient (Wildman–Crippen LogP) is 3.35. The Morgan fingerprint density at radius 3 is 2.52 bits per heavy atom. The molecule has 4 heteroatoms. The lowest BCUT2D eigenvalue weighted by atomic mass is 10.0.